The number of nitrogens with zero attached hydrogens (tertiary/aromatic N) is 9. The molecule has 5 unspecified atom stereocenters. The molecular weight excluding hydrogens is 1510 g/mol. The number of aryl methyl sites for hydroxylation is 3. The van der Waals surface area contributed by atoms with Crippen LogP contribution in [0.15, 0.2) is 215 Å². The molecule has 6 aromatic carbocycles. The lowest BCUT2D eigenvalue weighted by Gasteiger charge is -2.36. The predicted octanol–water partition coefficient (Wildman–Crippen LogP) is 13.8. The van der Waals surface area contributed by atoms with E-state index in [0.717, 1.165) is 186 Å². The first kappa shape index (κ1) is 88.0. The number of carboxylic acids is 1. The lowest BCUT2D eigenvalue weighted by molar-refractivity contribution is -0.138. The number of benzene rings is 6. The van der Waals surface area contributed by atoms with Gasteiger partial charge in [0.25, 0.3) is 0 Å². The fraction of sp³-hybridized carbons (Fsp3) is 0.417. The molecule has 6 atom stereocenters. The number of hydrogen-bond acceptors (Lipinski definition) is 16. The van der Waals surface area contributed by atoms with Crippen LogP contribution in [0.25, 0.3) is 33.1 Å². The summed E-state index contributed by atoms with van der Waals surface area (Å²) in [4.78, 5) is 89.7. The van der Waals surface area contributed by atoms with Crippen molar-refractivity contribution >= 4 is 45.0 Å². The molecule has 634 valence electrons. The van der Waals surface area contributed by atoms with Crippen molar-refractivity contribution in [2.45, 2.75) is 173 Å². The van der Waals surface area contributed by atoms with Gasteiger partial charge < -0.3 is 55.5 Å². The Morgan fingerprint density at radius 1 is 0.442 bits per heavy atom. The Kier molecular flexibility index (Phi) is 30.5. The summed E-state index contributed by atoms with van der Waals surface area (Å²) in [5.74, 6) is 2.96. The molecule has 6 aromatic heterocycles. The fourth-order valence-electron chi connectivity index (χ4n) is 19.0. The molecule has 3 aliphatic carbocycles. The number of carboxylic acid groups (broad SMARTS) is 1. The lowest BCUT2D eigenvalue weighted by atomic mass is 9.76. The Bertz CT molecular complexity index is 5490. The molecule has 0 saturated carbocycles. The van der Waals surface area contributed by atoms with Crippen molar-refractivity contribution in [3.8, 4) is 17.2 Å². The Hall–Kier alpha value is -11.3. The summed E-state index contributed by atoms with van der Waals surface area (Å²) in [7, 11) is 5.15. The van der Waals surface area contributed by atoms with Crippen LogP contribution in [0.2, 0.25) is 0 Å². The molecule has 18 rings (SSSR count). The average Bonchev–Trinajstić information content (AvgIpc) is 1.66. The van der Waals surface area contributed by atoms with Crippen molar-refractivity contribution < 1.29 is 28.9 Å². The number of imidazole rings is 3. The number of aromatic amines is 3. The number of nitrogens with one attached hydrogen (secondary N) is 5. The molecule has 0 bridgehead atoms. The number of para-hydroxylation sites is 6. The molecule has 9 heterocycles. The number of aliphatic carboxylic acids is 1. The number of piperidine rings is 3. The summed E-state index contributed by atoms with van der Waals surface area (Å²) < 4.78 is 22.0. The van der Waals surface area contributed by atoms with Gasteiger partial charge in [0.15, 0.2) is 0 Å². The molecule has 12 aromatic rings. The first-order valence-corrected chi connectivity index (χ1v) is 41.6. The van der Waals surface area contributed by atoms with Crippen LogP contribution < -0.4 is 47.6 Å². The van der Waals surface area contributed by atoms with Gasteiger partial charge in [-0.15, -0.1) is 0 Å². The molecule has 6 aliphatic rings. The molecule has 3 fully saturated rings. The van der Waals surface area contributed by atoms with Crippen molar-refractivity contribution in [3.63, 3.8) is 0 Å². The van der Waals surface area contributed by atoms with E-state index in [9.17, 15) is 24.0 Å². The van der Waals surface area contributed by atoms with E-state index in [4.69, 9.17) is 25.1 Å². The minimum Gasteiger partial charge on any atom is -0.497 e. The molecule has 3 aliphatic heterocycles. The Balaban J connectivity index is 0.000000152. The maximum atomic E-state index is 13.3. The van der Waals surface area contributed by atoms with Crippen LogP contribution in [0.5, 0.6) is 17.2 Å². The van der Waals surface area contributed by atoms with Crippen molar-refractivity contribution in [1.82, 2.24) is 68.9 Å². The molecule has 1 amide bonds. The van der Waals surface area contributed by atoms with Crippen molar-refractivity contribution in [1.29, 1.82) is 0 Å². The van der Waals surface area contributed by atoms with Crippen LogP contribution in [-0.4, -0.2) is 180 Å². The number of fused-ring (bicyclic) bond motifs is 6. The number of carbonyl (C=O) groups is 2. The number of likely N-dealkylation sites (tertiary alicyclic amines) is 3. The second-order valence-corrected chi connectivity index (χ2v) is 32.2. The minimum atomic E-state index is -0.798. The summed E-state index contributed by atoms with van der Waals surface area (Å²) in [6, 6.07) is 56.4. The van der Waals surface area contributed by atoms with Crippen LogP contribution in [0.4, 0.5) is 0 Å². The number of amides is 1. The number of methoxy groups -OCH3 is 3. The number of carbonyl (C=O) groups excluding carboxylic acids is 1. The molecule has 24 heteroatoms. The smallest absolute Gasteiger partial charge is 0.326 e. The van der Waals surface area contributed by atoms with Gasteiger partial charge >= 0.3 is 23.0 Å². The first-order valence-electron chi connectivity index (χ1n) is 41.6. The molecular formula is C96H121N15O9. The summed E-state index contributed by atoms with van der Waals surface area (Å²) in [6.45, 7) is 7.49. The molecule has 24 nitrogen and oxygen atoms in total. The topological polar surface area (TPSA) is 294 Å². The van der Waals surface area contributed by atoms with Crippen molar-refractivity contribution in [2.75, 3.05) is 86.8 Å². The number of aromatic nitrogens is 9. The molecule has 0 radical (unpaired) electrons. The standard InChI is InChI=1S/C31H35N5O3.C31H37N5O2.C17H20N2O.C14H17N3O3.3CH4/c1-39-24-9-10-25-22(18-24)8-11-27(26(25)17-21-5-4-14-32-19-21)33-30(37)20-35-15-12-23(13-16-35)36-29-7-3-2-6-28(29)34-31(36)38;1-38-25-9-10-26-23(20-25)8-11-28(27(26)19-22-5-4-14-32-21-22)33-15-18-35-16-12-24(13-17-35)36-30-7-3-2-6-29(30)34-31(36)37;1-20-14-5-6-15-13(10-14)4-7-17(18)16(15)9-12-3-2-8-19-11-12;18-13(19)9-16-7-5-10(6-8-16)17-12-4-2-1-3-11(12)15-14(17)20;;;/h2-7,9-10,14,18-19,23,26-27H,8,11-13,15-17,20H2,1H3,(H,33,37)(H,34,38);2-7,9-10,14,20-21,24,27-28,33H,8,11-13,15-19H2,1H3,(H,34,37);2-3,5-6,8,10-11,16-17H,4,7,9,18H2,1H3;1-4,10H,5-9H2,(H,15,20)(H,18,19);3*1H4/t26-,27?;;;;;;/m0....../s1. The number of H-pyrrole nitrogens is 3. The van der Waals surface area contributed by atoms with Crippen LogP contribution in [-0.2, 0) is 48.1 Å². The normalized spacial score (nSPS) is 19.5. The van der Waals surface area contributed by atoms with E-state index in [1.165, 1.54) is 50.1 Å². The number of rotatable bonds is 21. The predicted molar refractivity (Wildman–Crippen MR) is 477 cm³/mol. The van der Waals surface area contributed by atoms with E-state index < -0.39 is 5.97 Å². The van der Waals surface area contributed by atoms with E-state index in [-0.39, 0.29) is 87.9 Å². The zero-order valence-corrected chi connectivity index (χ0v) is 67.2. The maximum Gasteiger partial charge on any atom is 0.326 e. The second kappa shape index (κ2) is 41.6. The fourth-order valence-corrected chi connectivity index (χ4v) is 19.0. The van der Waals surface area contributed by atoms with E-state index in [1.54, 1.807) is 27.5 Å². The SMILES string of the molecule is C.C.C.COc1ccc2c(c1)CCC(N)C2Cc1cccnc1.COc1ccc2c(c1)CCC(NC(=O)CN1CCC(n3c(=O)[nH]c4ccccc43)CC1)[C@H]2Cc1cccnc1.COc1ccc2c(c1)CCC(NCCN1CCC(n3c(=O)[nH]c4ccccc43)CC1)C2Cc1cccnc1.O=C(O)CN1CCC(n2c(=O)[nH]c3ccccc32)CC1. The zero-order valence-electron chi connectivity index (χ0n) is 67.2. The third-order valence-electron chi connectivity index (χ3n) is 25.0. The largest absolute Gasteiger partial charge is 0.497 e. The highest BCUT2D eigenvalue weighted by Gasteiger charge is 2.35. The Labute approximate surface area is 703 Å². The van der Waals surface area contributed by atoms with Gasteiger partial charge in [-0.3, -0.25) is 48.0 Å². The quantitative estimate of drug-likeness (QED) is 0.0352. The highest BCUT2D eigenvalue weighted by Crippen LogP contribution is 2.40. The lowest BCUT2D eigenvalue weighted by Crippen LogP contribution is -2.48. The molecule has 120 heavy (non-hydrogen) atoms. The third kappa shape index (κ3) is 21.1. The van der Waals surface area contributed by atoms with Gasteiger partial charge in [-0.2, -0.15) is 0 Å². The summed E-state index contributed by atoms with van der Waals surface area (Å²) >= 11 is 0. The maximum absolute atomic E-state index is 13.3. The number of nitrogens with two attached hydrogens (primary N) is 1. The molecule has 0 spiro atoms. The first-order chi connectivity index (χ1) is 57.2. The van der Waals surface area contributed by atoms with Crippen molar-refractivity contribution in [2.24, 2.45) is 5.73 Å². The van der Waals surface area contributed by atoms with Crippen molar-refractivity contribution in [3.05, 3.63) is 282 Å². The van der Waals surface area contributed by atoms with Gasteiger partial charge in [0.2, 0.25) is 5.91 Å². The van der Waals surface area contributed by atoms with Gasteiger partial charge in [-0.05, 0) is 237 Å². The van der Waals surface area contributed by atoms with E-state index in [2.05, 4.69) is 111 Å². The van der Waals surface area contributed by atoms with Crippen LogP contribution >= 0.6 is 0 Å². The number of ether oxygens (including phenoxy) is 3. The van der Waals surface area contributed by atoms with Gasteiger partial charge in [0, 0.05) is 144 Å². The van der Waals surface area contributed by atoms with Gasteiger partial charge in [-0.25, -0.2) is 14.4 Å². The molecule has 3 saturated heterocycles. The van der Waals surface area contributed by atoms with E-state index >= 15 is 0 Å². The summed E-state index contributed by atoms with van der Waals surface area (Å²) in [5.41, 5.74) is 23.6. The number of pyridine rings is 3. The van der Waals surface area contributed by atoms with Crippen LogP contribution in [0, 0.1) is 0 Å². The zero-order chi connectivity index (χ0) is 80.7. The third-order valence-corrected chi connectivity index (χ3v) is 25.0. The molecule has 8 N–H and O–H groups in total. The van der Waals surface area contributed by atoms with Gasteiger partial charge in [0.05, 0.1) is 67.5 Å². The highest BCUT2D eigenvalue weighted by atomic mass is 16.5. The minimum absolute atomic E-state index is 0. The second-order valence-electron chi connectivity index (χ2n) is 32.2. The summed E-state index contributed by atoms with van der Waals surface area (Å²) in [6.07, 6.45) is 25.4. The van der Waals surface area contributed by atoms with Gasteiger partial charge in [0.1, 0.15) is 17.2 Å². The number of hydrogen-bond donors (Lipinski definition) is 7. The monoisotopic (exact) mass is 1630 g/mol. The van der Waals surface area contributed by atoms with Gasteiger partial charge in [-0.1, -0.05) is 95.1 Å². The van der Waals surface area contributed by atoms with Crippen LogP contribution in [0.1, 0.15) is 166 Å². The van der Waals surface area contributed by atoms with E-state index in [0.29, 0.717) is 37.5 Å². The Morgan fingerprint density at radius 3 is 1.19 bits per heavy atom. The summed E-state index contributed by atoms with van der Waals surface area (Å²) in [5, 5.41) is 16.1. The average molecular weight is 1630 g/mol. The highest BCUT2D eigenvalue weighted by molar-refractivity contribution is 5.79. The van der Waals surface area contributed by atoms with E-state index in [1.807, 2.05) is 153 Å². The van der Waals surface area contributed by atoms with Crippen LogP contribution in [0.3, 0.4) is 0 Å². The Morgan fingerprint density at radius 2 is 0.800 bits per heavy atom.